The average molecular weight is 473 g/mol. The van der Waals surface area contributed by atoms with Gasteiger partial charge in [-0.3, -0.25) is 4.79 Å². The topological polar surface area (TPSA) is 101 Å². The van der Waals surface area contributed by atoms with Crippen LogP contribution in [0.1, 0.15) is 11.1 Å². The van der Waals surface area contributed by atoms with Gasteiger partial charge in [-0.1, -0.05) is 48.0 Å². The average Bonchev–Trinajstić information content (AvgIpc) is 2.74. The summed E-state index contributed by atoms with van der Waals surface area (Å²) in [4.78, 5) is 12.4. The van der Waals surface area contributed by atoms with E-state index in [9.17, 15) is 21.6 Å². The van der Waals surface area contributed by atoms with Crippen LogP contribution in [0.3, 0.4) is 0 Å². The van der Waals surface area contributed by atoms with E-state index in [1.165, 1.54) is 47.8 Å². The van der Waals surface area contributed by atoms with Crippen LogP contribution in [0.15, 0.2) is 88.7 Å². The zero-order valence-corrected chi connectivity index (χ0v) is 19.4. The number of nitrogens with one attached hydrogen (secondary N) is 1. The Morgan fingerprint density at radius 1 is 0.812 bits per heavy atom. The van der Waals surface area contributed by atoms with Crippen LogP contribution in [-0.4, -0.2) is 39.8 Å². The minimum atomic E-state index is -3.78. The molecule has 1 N–H and O–H groups in total. The smallest absolute Gasteiger partial charge is 0.243 e. The third kappa shape index (κ3) is 5.82. The van der Waals surface area contributed by atoms with Gasteiger partial charge in [0.05, 0.1) is 9.79 Å². The van der Waals surface area contributed by atoms with Crippen LogP contribution in [0, 0.1) is 6.92 Å². The fourth-order valence-corrected chi connectivity index (χ4v) is 5.31. The molecule has 3 aromatic carbocycles. The van der Waals surface area contributed by atoms with Crippen LogP contribution in [0.4, 0.5) is 5.69 Å². The number of anilines is 1. The minimum absolute atomic E-state index is 0.0705. The van der Waals surface area contributed by atoms with Crippen LogP contribution in [0.5, 0.6) is 0 Å². The summed E-state index contributed by atoms with van der Waals surface area (Å²) < 4.78 is 51.7. The summed E-state index contributed by atoms with van der Waals surface area (Å²) in [7, 11) is -6.02. The molecule has 0 aliphatic rings. The van der Waals surface area contributed by atoms with E-state index >= 15 is 0 Å². The summed E-state index contributed by atoms with van der Waals surface area (Å²) in [5.74, 6) is -1.42. The first-order chi connectivity index (χ1) is 15.1. The third-order valence-corrected chi connectivity index (χ3v) is 8.25. The van der Waals surface area contributed by atoms with E-state index in [0.29, 0.717) is 5.69 Å². The number of hydrogen-bond acceptors (Lipinski definition) is 5. The van der Waals surface area contributed by atoms with Crippen molar-refractivity contribution in [1.29, 1.82) is 0 Å². The van der Waals surface area contributed by atoms with E-state index < -0.39 is 31.5 Å². The van der Waals surface area contributed by atoms with Crippen LogP contribution in [-0.2, 0) is 31.2 Å². The van der Waals surface area contributed by atoms with Crippen molar-refractivity contribution in [3.05, 3.63) is 90.0 Å². The number of amides is 1. The summed E-state index contributed by atoms with van der Waals surface area (Å²) >= 11 is 0. The van der Waals surface area contributed by atoms with Gasteiger partial charge in [0, 0.05) is 19.3 Å². The highest BCUT2D eigenvalue weighted by atomic mass is 32.2. The van der Waals surface area contributed by atoms with Crippen molar-refractivity contribution in [2.45, 2.75) is 23.3 Å². The molecule has 0 aromatic heterocycles. The summed E-state index contributed by atoms with van der Waals surface area (Å²) in [6.45, 7) is 2.06. The third-order valence-electron chi connectivity index (χ3n) is 4.80. The molecule has 0 spiro atoms. The van der Waals surface area contributed by atoms with Gasteiger partial charge in [-0.2, -0.15) is 4.31 Å². The van der Waals surface area contributed by atoms with E-state index in [4.69, 9.17) is 0 Å². The van der Waals surface area contributed by atoms with Crippen molar-refractivity contribution in [2.75, 3.05) is 18.1 Å². The Morgan fingerprint density at radius 2 is 1.38 bits per heavy atom. The quantitative estimate of drug-likeness (QED) is 0.543. The lowest BCUT2D eigenvalue weighted by molar-refractivity contribution is -0.113. The molecule has 3 rings (SSSR count). The van der Waals surface area contributed by atoms with Gasteiger partial charge in [-0.15, -0.1) is 0 Å². The number of aryl methyl sites for hydroxylation is 1. The number of hydrogen-bond donors (Lipinski definition) is 1. The largest absolute Gasteiger partial charge is 0.325 e. The van der Waals surface area contributed by atoms with E-state index in [-0.39, 0.29) is 16.3 Å². The molecule has 0 bridgehead atoms. The zero-order valence-electron chi connectivity index (χ0n) is 17.7. The number of carbonyl (C=O) groups is 1. The van der Waals surface area contributed by atoms with Crippen molar-refractivity contribution in [2.24, 2.45) is 0 Å². The second kappa shape index (κ2) is 9.64. The summed E-state index contributed by atoms with van der Waals surface area (Å²) in [5.41, 5.74) is 2.08. The molecule has 168 valence electrons. The van der Waals surface area contributed by atoms with Crippen molar-refractivity contribution in [3.63, 3.8) is 0 Å². The highest BCUT2D eigenvalue weighted by Gasteiger charge is 2.22. The van der Waals surface area contributed by atoms with Gasteiger partial charge >= 0.3 is 0 Å². The normalized spacial score (nSPS) is 12.0. The van der Waals surface area contributed by atoms with Crippen molar-refractivity contribution >= 4 is 31.5 Å². The highest BCUT2D eigenvalue weighted by molar-refractivity contribution is 7.92. The predicted octanol–water partition coefficient (Wildman–Crippen LogP) is 3.23. The van der Waals surface area contributed by atoms with Gasteiger partial charge in [0.25, 0.3) is 0 Å². The molecular weight excluding hydrogens is 448 g/mol. The van der Waals surface area contributed by atoms with Crippen molar-refractivity contribution in [1.82, 2.24) is 4.31 Å². The molecule has 0 aliphatic heterocycles. The molecule has 0 aliphatic carbocycles. The van der Waals surface area contributed by atoms with Crippen molar-refractivity contribution < 1.29 is 21.6 Å². The Morgan fingerprint density at radius 3 is 1.97 bits per heavy atom. The number of benzene rings is 3. The Bertz CT molecular complexity index is 1290. The molecule has 0 fully saturated rings. The Kier molecular flexibility index (Phi) is 7.12. The number of carbonyl (C=O) groups excluding carboxylic acids is 1. The van der Waals surface area contributed by atoms with Crippen LogP contribution >= 0.6 is 0 Å². The standard InChI is InChI=1S/C23H24N2O5S2/c1-18-8-12-21(13-9-18)31(27,28)17-23(26)24-20-10-14-22(15-11-20)32(29,30)25(2)16-19-6-4-3-5-7-19/h3-15H,16-17H2,1-2H3,(H,24,26). The SMILES string of the molecule is Cc1ccc(S(=O)(=O)CC(=O)Nc2ccc(S(=O)(=O)N(C)Cc3ccccc3)cc2)cc1. The molecule has 32 heavy (non-hydrogen) atoms. The molecule has 0 heterocycles. The fourth-order valence-electron chi connectivity index (χ4n) is 3.01. The lowest BCUT2D eigenvalue weighted by Crippen LogP contribution is -2.26. The first-order valence-electron chi connectivity index (χ1n) is 9.77. The maximum absolute atomic E-state index is 12.8. The molecule has 1 amide bonds. The van der Waals surface area contributed by atoms with E-state index in [1.54, 1.807) is 12.1 Å². The van der Waals surface area contributed by atoms with Crippen LogP contribution in [0.25, 0.3) is 0 Å². The Labute approximate surface area is 188 Å². The number of sulfonamides is 1. The van der Waals surface area contributed by atoms with E-state index in [1.807, 2.05) is 37.3 Å². The second-order valence-electron chi connectivity index (χ2n) is 7.39. The molecule has 3 aromatic rings. The van der Waals surface area contributed by atoms with E-state index in [0.717, 1.165) is 11.1 Å². The molecular formula is C23H24N2O5S2. The maximum atomic E-state index is 12.8. The molecule has 0 unspecified atom stereocenters. The predicted molar refractivity (Wildman–Crippen MR) is 123 cm³/mol. The van der Waals surface area contributed by atoms with Crippen molar-refractivity contribution in [3.8, 4) is 0 Å². The minimum Gasteiger partial charge on any atom is -0.325 e. The van der Waals surface area contributed by atoms with Gasteiger partial charge in [-0.05, 0) is 48.9 Å². The molecule has 9 heteroatoms. The number of rotatable bonds is 8. The van der Waals surface area contributed by atoms with Gasteiger partial charge < -0.3 is 5.32 Å². The van der Waals surface area contributed by atoms with Gasteiger partial charge in [0.15, 0.2) is 9.84 Å². The fraction of sp³-hybridized carbons (Fsp3) is 0.174. The molecule has 0 saturated carbocycles. The lowest BCUT2D eigenvalue weighted by atomic mass is 10.2. The molecule has 0 atom stereocenters. The van der Waals surface area contributed by atoms with Gasteiger partial charge in [-0.25, -0.2) is 16.8 Å². The maximum Gasteiger partial charge on any atom is 0.243 e. The Hall–Kier alpha value is -3.01. The first-order valence-corrected chi connectivity index (χ1v) is 12.9. The summed E-state index contributed by atoms with van der Waals surface area (Å²) in [5, 5.41) is 2.50. The molecule has 0 saturated heterocycles. The van der Waals surface area contributed by atoms with Gasteiger partial charge in [0.1, 0.15) is 5.75 Å². The van der Waals surface area contributed by atoms with Crippen LogP contribution < -0.4 is 5.32 Å². The first kappa shape index (κ1) is 23.6. The monoisotopic (exact) mass is 472 g/mol. The van der Waals surface area contributed by atoms with Gasteiger partial charge in [0.2, 0.25) is 15.9 Å². The molecule has 0 radical (unpaired) electrons. The lowest BCUT2D eigenvalue weighted by Gasteiger charge is -2.17. The summed E-state index contributed by atoms with van der Waals surface area (Å²) in [6.07, 6.45) is 0. The highest BCUT2D eigenvalue weighted by Crippen LogP contribution is 2.20. The molecule has 7 nitrogen and oxygen atoms in total. The van der Waals surface area contributed by atoms with E-state index in [2.05, 4.69) is 5.32 Å². The zero-order chi connectivity index (χ0) is 23.4. The Balaban J connectivity index is 1.66. The summed E-state index contributed by atoms with van der Waals surface area (Å²) in [6, 6.07) is 21.1. The second-order valence-corrected chi connectivity index (χ2v) is 11.4. The number of nitrogens with zero attached hydrogens (tertiary/aromatic N) is 1. The number of sulfone groups is 1. The van der Waals surface area contributed by atoms with Crippen LogP contribution in [0.2, 0.25) is 0 Å².